The Kier molecular flexibility index (Phi) is 6.27. The third kappa shape index (κ3) is 4.48. The van der Waals surface area contributed by atoms with Crippen LogP contribution in [0.15, 0.2) is 45.2 Å². The van der Waals surface area contributed by atoms with Gasteiger partial charge in [0.25, 0.3) is 0 Å². The molecule has 0 saturated heterocycles. The first-order valence-electron chi connectivity index (χ1n) is 10.5. The van der Waals surface area contributed by atoms with Crippen molar-refractivity contribution in [3.8, 4) is 11.5 Å². The first-order chi connectivity index (χ1) is 17.7. The molecule has 0 unspecified atom stereocenters. The minimum Gasteiger partial charge on any atom is -0.452 e. The summed E-state index contributed by atoms with van der Waals surface area (Å²) in [6, 6.07) is 5.84. The van der Waals surface area contributed by atoms with Crippen molar-refractivity contribution in [2.75, 3.05) is 0 Å². The van der Waals surface area contributed by atoms with Gasteiger partial charge in [0.05, 0.1) is 0 Å². The summed E-state index contributed by atoms with van der Waals surface area (Å²) in [6.45, 7) is 2.68. The summed E-state index contributed by atoms with van der Waals surface area (Å²) in [5, 5.41) is 0. The highest BCUT2D eigenvalue weighted by atomic mass is 19.4. The maximum absolute atomic E-state index is 15.5. The second-order valence-corrected chi connectivity index (χ2v) is 8.45. The molecular weight excluding hydrogens is 564 g/mol. The van der Waals surface area contributed by atoms with Gasteiger partial charge in [-0.25, -0.2) is 14.4 Å². The molecule has 4 rings (SSSR count). The zero-order chi connectivity index (χ0) is 29.3. The molecule has 2 aliphatic heterocycles. The van der Waals surface area contributed by atoms with Crippen LogP contribution in [-0.4, -0.2) is 28.5 Å². The SMILES string of the molecule is Cc1ccc2oc3nc4cc(C)ccc4oc(C(F)(F)C(F)(F)F)c-3c(C(F)(C(F)(F)F)C(F)(F)F)nc2c1. The lowest BCUT2D eigenvalue weighted by atomic mass is 9.93. The van der Waals surface area contributed by atoms with Crippen molar-refractivity contribution in [1.82, 2.24) is 9.97 Å². The van der Waals surface area contributed by atoms with Gasteiger partial charge in [-0.15, -0.1) is 0 Å². The van der Waals surface area contributed by atoms with Crippen LogP contribution < -0.4 is 0 Å². The Bertz CT molecular complexity index is 1580. The lowest BCUT2D eigenvalue weighted by Crippen LogP contribution is -2.51. The fraction of sp³-hybridized carbons (Fsp3) is 0.304. The Balaban J connectivity index is 2.44. The van der Waals surface area contributed by atoms with E-state index in [-0.39, 0.29) is 11.1 Å². The molecule has 0 aliphatic carbocycles. The number of fused-ring (bicyclic) bond motifs is 3. The quantitative estimate of drug-likeness (QED) is 0.224. The van der Waals surface area contributed by atoms with Crippen molar-refractivity contribution in [2.24, 2.45) is 0 Å². The van der Waals surface area contributed by atoms with Crippen molar-refractivity contribution in [1.29, 1.82) is 0 Å². The Morgan fingerprint density at radius 2 is 1.05 bits per heavy atom. The fourth-order valence-electron chi connectivity index (χ4n) is 3.62. The molecule has 39 heavy (non-hydrogen) atoms. The zero-order valence-electron chi connectivity index (χ0n) is 19.2. The number of halogens is 12. The summed E-state index contributed by atoms with van der Waals surface area (Å²) in [6.07, 6.45) is -20.6. The summed E-state index contributed by atoms with van der Waals surface area (Å²) in [5.74, 6) is -10.8. The van der Waals surface area contributed by atoms with Gasteiger partial charge in [-0.3, -0.25) is 0 Å². The molecule has 2 aromatic carbocycles. The third-order valence-corrected chi connectivity index (χ3v) is 5.53. The van der Waals surface area contributed by atoms with Crippen LogP contribution in [0.4, 0.5) is 52.7 Å². The topological polar surface area (TPSA) is 52.1 Å². The van der Waals surface area contributed by atoms with E-state index in [0.29, 0.717) is 0 Å². The first-order valence-corrected chi connectivity index (χ1v) is 10.5. The molecule has 0 radical (unpaired) electrons. The van der Waals surface area contributed by atoms with Gasteiger partial charge in [-0.2, -0.15) is 48.3 Å². The number of alkyl halides is 12. The van der Waals surface area contributed by atoms with Gasteiger partial charge < -0.3 is 8.83 Å². The summed E-state index contributed by atoms with van der Waals surface area (Å²) < 4.78 is 179. The van der Waals surface area contributed by atoms with E-state index in [9.17, 15) is 48.3 Å². The van der Waals surface area contributed by atoms with Gasteiger partial charge in [0.1, 0.15) is 22.3 Å². The molecule has 0 bridgehead atoms. The molecule has 0 atom stereocenters. The van der Waals surface area contributed by atoms with E-state index in [1.54, 1.807) is 0 Å². The van der Waals surface area contributed by atoms with Crippen LogP contribution in [0, 0.1) is 13.8 Å². The van der Waals surface area contributed by atoms with Crippen molar-refractivity contribution in [3.63, 3.8) is 0 Å². The maximum atomic E-state index is 15.5. The first kappa shape index (κ1) is 28.3. The van der Waals surface area contributed by atoms with Gasteiger partial charge in [0.2, 0.25) is 5.89 Å². The minimum atomic E-state index is -6.97. The van der Waals surface area contributed by atoms with E-state index < -0.39 is 75.2 Å². The molecule has 2 aliphatic rings. The number of hydrogen-bond donors (Lipinski definition) is 0. The second-order valence-electron chi connectivity index (χ2n) is 8.45. The van der Waals surface area contributed by atoms with Crippen molar-refractivity contribution >= 4 is 22.2 Å². The van der Waals surface area contributed by atoms with Crippen molar-refractivity contribution in [2.45, 2.75) is 44.0 Å². The van der Waals surface area contributed by atoms with E-state index in [2.05, 4.69) is 14.4 Å². The maximum Gasteiger partial charge on any atom is 0.461 e. The molecule has 0 spiro atoms. The number of aromatic nitrogens is 2. The lowest BCUT2D eigenvalue weighted by Gasteiger charge is -2.30. The highest BCUT2D eigenvalue weighted by Crippen LogP contribution is 2.57. The molecule has 2 heterocycles. The van der Waals surface area contributed by atoms with Crippen LogP contribution in [0.2, 0.25) is 0 Å². The fourth-order valence-corrected chi connectivity index (χ4v) is 3.62. The van der Waals surface area contributed by atoms with Gasteiger partial charge >= 0.3 is 30.1 Å². The summed E-state index contributed by atoms with van der Waals surface area (Å²) >= 11 is 0. The minimum absolute atomic E-state index is 0.125. The number of benzene rings is 2. The van der Waals surface area contributed by atoms with Gasteiger partial charge in [0, 0.05) is 0 Å². The Hall–Kier alpha value is -3.72. The molecule has 0 fully saturated rings. The largest absolute Gasteiger partial charge is 0.461 e. The number of hydrogen-bond acceptors (Lipinski definition) is 4. The van der Waals surface area contributed by atoms with Crippen LogP contribution in [0.25, 0.3) is 33.7 Å². The van der Waals surface area contributed by atoms with E-state index >= 15 is 4.39 Å². The lowest BCUT2D eigenvalue weighted by molar-refractivity contribution is -0.349. The molecule has 210 valence electrons. The van der Waals surface area contributed by atoms with Crippen LogP contribution in [0.1, 0.15) is 22.6 Å². The predicted octanol–water partition coefficient (Wildman–Crippen LogP) is 8.76. The Morgan fingerprint density at radius 1 is 0.590 bits per heavy atom. The smallest absolute Gasteiger partial charge is 0.452 e. The second kappa shape index (κ2) is 8.64. The Morgan fingerprint density at radius 3 is 1.51 bits per heavy atom. The van der Waals surface area contributed by atoms with Crippen LogP contribution in [-0.2, 0) is 11.6 Å². The molecule has 0 saturated carbocycles. The van der Waals surface area contributed by atoms with Gasteiger partial charge in [-0.05, 0) is 49.2 Å². The van der Waals surface area contributed by atoms with Crippen LogP contribution in [0.3, 0.4) is 0 Å². The number of rotatable bonds is 2. The van der Waals surface area contributed by atoms with Crippen LogP contribution in [0.5, 0.6) is 0 Å². The predicted molar refractivity (Wildman–Crippen MR) is 110 cm³/mol. The van der Waals surface area contributed by atoms with Gasteiger partial charge in [0.15, 0.2) is 16.9 Å². The molecular formula is C23H12F12N2O2. The van der Waals surface area contributed by atoms with E-state index in [1.807, 2.05) is 0 Å². The van der Waals surface area contributed by atoms with E-state index in [4.69, 9.17) is 4.42 Å². The van der Waals surface area contributed by atoms with E-state index in [1.165, 1.54) is 19.9 Å². The average Bonchev–Trinajstić information content (AvgIpc) is 3.02. The molecule has 4 nitrogen and oxygen atoms in total. The molecule has 0 amide bonds. The standard InChI is InChI=1S/C23H12F12N2O2/c1-9-4-6-14-11(7-9)36-16(19(24,21(27,28)29)22(30,31)32)15-17(20(25,26)23(33,34)35)38-13-5-3-10(2)8-12(13)37-18(15)39-14/h3-8H,1-2H3. The highest BCUT2D eigenvalue weighted by Gasteiger charge is 2.76. The number of aryl methyl sites for hydroxylation is 2. The van der Waals surface area contributed by atoms with Crippen molar-refractivity contribution in [3.05, 3.63) is 59.0 Å². The molecule has 0 N–H and O–H groups in total. The Labute approximate surface area is 208 Å². The van der Waals surface area contributed by atoms with Crippen LogP contribution >= 0.6 is 0 Å². The van der Waals surface area contributed by atoms with Crippen molar-refractivity contribution < 1.29 is 61.5 Å². The van der Waals surface area contributed by atoms with Gasteiger partial charge in [-0.1, -0.05) is 12.1 Å². The van der Waals surface area contributed by atoms with E-state index in [0.717, 1.165) is 30.3 Å². The normalized spacial score (nSPS) is 13.9. The molecule has 0 aromatic heterocycles. The summed E-state index contributed by atoms with van der Waals surface area (Å²) in [5.41, 5.74) is -14.7. The highest BCUT2D eigenvalue weighted by molar-refractivity contribution is 5.80. The molecule has 16 heteroatoms. The molecule has 2 aromatic rings. The average molecular weight is 576 g/mol. The zero-order valence-corrected chi connectivity index (χ0v) is 19.2. The monoisotopic (exact) mass is 576 g/mol. The number of nitrogens with zero attached hydrogens (tertiary/aromatic N) is 2. The third-order valence-electron chi connectivity index (χ3n) is 5.53. The summed E-state index contributed by atoms with van der Waals surface area (Å²) in [7, 11) is 0. The summed E-state index contributed by atoms with van der Waals surface area (Å²) in [4.78, 5) is 6.62.